The topological polar surface area (TPSA) is 107 Å². The Kier molecular flexibility index (Phi) is 12.9. The van der Waals surface area contributed by atoms with Gasteiger partial charge >= 0.3 is 5.97 Å². The van der Waals surface area contributed by atoms with Gasteiger partial charge in [0.15, 0.2) is 6.10 Å². The third-order valence-corrected chi connectivity index (χ3v) is 4.44. The van der Waals surface area contributed by atoms with Crippen LogP contribution in [0.25, 0.3) is 0 Å². The highest BCUT2D eigenvalue weighted by Crippen LogP contribution is 2.22. The fourth-order valence-electron chi connectivity index (χ4n) is 2.92. The standard InChI is InChI=1S/C22H38O6/c1-16(9-7-11-19(15-24)12-13-23)8-6-10-17(2)14-20(26)21(22(4,5)27)28-18(3)25/h9-10,12,20-21,23-24,26-27H,6-8,11,13-15H2,1-5H3/b16-9+,17-10+,19-12+. The van der Waals surface area contributed by atoms with Crippen LogP contribution in [-0.2, 0) is 9.53 Å². The molecule has 0 aliphatic heterocycles. The van der Waals surface area contributed by atoms with Crippen LogP contribution in [0.4, 0.5) is 0 Å². The van der Waals surface area contributed by atoms with Gasteiger partial charge < -0.3 is 25.2 Å². The van der Waals surface area contributed by atoms with Gasteiger partial charge in [-0.15, -0.1) is 0 Å². The van der Waals surface area contributed by atoms with Crippen molar-refractivity contribution in [3.05, 3.63) is 34.9 Å². The largest absolute Gasteiger partial charge is 0.457 e. The van der Waals surface area contributed by atoms with Crippen molar-refractivity contribution in [2.24, 2.45) is 0 Å². The first-order chi connectivity index (χ1) is 13.0. The van der Waals surface area contributed by atoms with Gasteiger partial charge in [0.1, 0.15) is 0 Å². The minimum atomic E-state index is -1.33. The minimum absolute atomic E-state index is 0.0311. The average molecular weight is 399 g/mol. The van der Waals surface area contributed by atoms with E-state index >= 15 is 0 Å². The molecule has 2 unspecified atom stereocenters. The molecular formula is C22H38O6. The van der Waals surface area contributed by atoms with Crippen molar-refractivity contribution in [3.63, 3.8) is 0 Å². The zero-order valence-corrected chi connectivity index (χ0v) is 17.9. The average Bonchev–Trinajstić information content (AvgIpc) is 2.57. The molecule has 0 rings (SSSR count). The van der Waals surface area contributed by atoms with E-state index in [4.69, 9.17) is 14.9 Å². The summed E-state index contributed by atoms with van der Waals surface area (Å²) in [6, 6.07) is 0. The lowest BCUT2D eigenvalue weighted by atomic mass is 9.92. The predicted molar refractivity (Wildman–Crippen MR) is 111 cm³/mol. The molecule has 28 heavy (non-hydrogen) atoms. The molecular weight excluding hydrogens is 360 g/mol. The molecule has 0 heterocycles. The first-order valence-electron chi connectivity index (χ1n) is 9.79. The van der Waals surface area contributed by atoms with Crippen LogP contribution in [0.3, 0.4) is 0 Å². The molecule has 0 fully saturated rings. The van der Waals surface area contributed by atoms with E-state index in [1.54, 1.807) is 6.08 Å². The second kappa shape index (κ2) is 13.7. The second-order valence-electron chi connectivity index (χ2n) is 7.84. The number of hydrogen-bond acceptors (Lipinski definition) is 6. The fourth-order valence-corrected chi connectivity index (χ4v) is 2.92. The van der Waals surface area contributed by atoms with Crippen LogP contribution < -0.4 is 0 Å². The van der Waals surface area contributed by atoms with Crippen molar-refractivity contribution in [1.82, 2.24) is 0 Å². The Hall–Kier alpha value is -1.47. The van der Waals surface area contributed by atoms with E-state index in [1.165, 1.54) is 26.3 Å². The molecule has 2 atom stereocenters. The monoisotopic (exact) mass is 398 g/mol. The maximum absolute atomic E-state index is 11.2. The minimum Gasteiger partial charge on any atom is -0.457 e. The van der Waals surface area contributed by atoms with E-state index in [2.05, 4.69) is 13.0 Å². The zero-order valence-electron chi connectivity index (χ0n) is 17.9. The summed E-state index contributed by atoms with van der Waals surface area (Å²) in [6.45, 7) is 8.15. The van der Waals surface area contributed by atoms with Crippen LogP contribution in [0.1, 0.15) is 66.7 Å². The number of hydrogen-bond donors (Lipinski definition) is 4. The zero-order chi connectivity index (χ0) is 21.7. The number of ether oxygens (including phenoxy) is 1. The SMILES string of the molecule is CC(=O)OC(C(O)C/C(C)=C/CC/C(C)=C/CC/C(=C\CO)CO)C(C)(C)O. The van der Waals surface area contributed by atoms with E-state index in [9.17, 15) is 15.0 Å². The Morgan fingerprint density at radius 3 is 2.07 bits per heavy atom. The summed E-state index contributed by atoms with van der Waals surface area (Å²) in [4.78, 5) is 11.2. The van der Waals surface area contributed by atoms with Crippen molar-refractivity contribution < 1.29 is 30.0 Å². The maximum Gasteiger partial charge on any atom is 0.303 e. The molecule has 0 amide bonds. The van der Waals surface area contributed by atoms with Crippen molar-refractivity contribution in [3.8, 4) is 0 Å². The van der Waals surface area contributed by atoms with Crippen LogP contribution in [0.2, 0.25) is 0 Å². The van der Waals surface area contributed by atoms with Gasteiger partial charge in [0.05, 0.1) is 24.9 Å². The van der Waals surface area contributed by atoms with E-state index in [0.717, 1.165) is 36.8 Å². The quantitative estimate of drug-likeness (QED) is 0.281. The van der Waals surface area contributed by atoms with Gasteiger partial charge in [-0.1, -0.05) is 29.4 Å². The molecule has 0 bridgehead atoms. The van der Waals surface area contributed by atoms with Crippen molar-refractivity contribution in [2.45, 2.75) is 84.5 Å². The van der Waals surface area contributed by atoms with E-state index in [0.29, 0.717) is 6.42 Å². The first-order valence-corrected chi connectivity index (χ1v) is 9.79. The number of allylic oxidation sites excluding steroid dienone is 3. The number of carbonyl (C=O) groups is 1. The van der Waals surface area contributed by atoms with Crippen LogP contribution in [0, 0.1) is 0 Å². The highest BCUT2D eigenvalue weighted by molar-refractivity contribution is 5.66. The lowest BCUT2D eigenvalue weighted by molar-refractivity contribution is -0.173. The third kappa shape index (κ3) is 12.1. The van der Waals surface area contributed by atoms with Gasteiger partial charge in [-0.3, -0.25) is 4.79 Å². The van der Waals surface area contributed by atoms with Crippen LogP contribution in [0.15, 0.2) is 34.9 Å². The molecule has 6 nitrogen and oxygen atoms in total. The number of carbonyl (C=O) groups excluding carboxylic acids is 1. The van der Waals surface area contributed by atoms with Gasteiger partial charge in [-0.25, -0.2) is 0 Å². The normalized spacial score (nSPS) is 16.1. The van der Waals surface area contributed by atoms with Crippen LogP contribution in [-0.4, -0.2) is 57.4 Å². The second-order valence-corrected chi connectivity index (χ2v) is 7.84. The van der Waals surface area contributed by atoms with E-state index < -0.39 is 23.8 Å². The number of esters is 1. The Bertz CT molecular complexity index is 554. The lowest BCUT2D eigenvalue weighted by Gasteiger charge is -2.32. The Morgan fingerprint density at radius 2 is 1.57 bits per heavy atom. The summed E-state index contributed by atoms with van der Waals surface area (Å²) in [7, 11) is 0. The highest BCUT2D eigenvalue weighted by atomic mass is 16.6. The summed E-state index contributed by atoms with van der Waals surface area (Å²) in [5.41, 5.74) is 1.71. The predicted octanol–water partition coefficient (Wildman–Crippen LogP) is 2.80. The van der Waals surface area contributed by atoms with Gasteiger partial charge in [0.2, 0.25) is 0 Å². The lowest BCUT2D eigenvalue weighted by Crippen LogP contribution is -2.47. The van der Waals surface area contributed by atoms with E-state index in [-0.39, 0.29) is 13.2 Å². The fraction of sp³-hybridized carbons (Fsp3) is 0.682. The maximum atomic E-state index is 11.2. The van der Waals surface area contributed by atoms with Gasteiger partial charge in [0, 0.05) is 6.92 Å². The van der Waals surface area contributed by atoms with Crippen molar-refractivity contribution in [1.29, 1.82) is 0 Å². The molecule has 0 aliphatic carbocycles. The highest BCUT2D eigenvalue weighted by Gasteiger charge is 2.36. The Labute approximate surface area is 169 Å². The summed E-state index contributed by atoms with van der Waals surface area (Å²) < 4.78 is 5.10. The molecule has 0 aromatic rings. The molecule has 4 N–H and O–H groups in total. The van der Waals surface area contributed by atoms with Gasteiger partial charge in [0.25, 0.3) is 0 Å². The number of aliphatic hydroxyl groups excluding tert-OH is 3. The Balaban J connectivity index is 4.55. The molecule has 0 aliphatic rings. The van der Waals surface area contributed by atoms with E-state index in [1.807, 2.05) is 13.0 Å². The molecule has 0 radical (unpaired) electrons. The molecule has 0 saturated heterocycles. The summed E-state index contributed by atoms with van der Waals surface area (Å²) in [6.07, 6.45) is 7.40. The number of aliphatic hydroxyl groups is 4. The van der Waals surface area contributed by atoms with Gasteiger partial charge in [-0.2, -0.15) is 0 Å². The smallest absolute Gasteiger partial charge is 0.303 e. The van der Waals surface area contributed by atoms with Crippen LogP contribution >= 0.6 is 0 Å². The molecule has 0 saturated carbocycles. The van der Waals surface area contributed by atoms with Gasteiger partial charge in [-0.05, 0) is 65.4 Å². The number of rotatable bonds is 13. The molecule has 0 aromatic carbocycles. The molecule has 6 heteroatoms. The molecule has 162 valence electrons. The molecule has 0 spiro atoms. The Morgan fingerprint density at radius 1 is 1.00 bits per heavy atom. The third-order valence-electron chi connectivity index (χ3n) is 4.44. The van der Waals surface area contributed by atoms with Crippen LogP contribution in [0.5, 0.6) is 0 Å². The summed E-state index contributed by atoms with van der Waals surface area (Å²) in [5, 5.41) is 38.5. The summed E-state index contributed by atoms with van der Waals surface area (Å²) in [5.74, 6) is -0.535. The van der Waals surface area contributed by atoms with Crippen molar-refractivity contribution >= 4 is 5.97 Å². The van der Waals surface area contributed by atoms with Crippen molar-refractivity contribution in [2.75, 3.05) is 13.2 Å². The summed E-state index contributed by atoms with van der Waals surface area (Å²) >= 11 is 0. The first kappa shape index (κ1) is 26.5. The molecule has 0 aromatic heterocycles.